The molecular formula is C27H42N4O6. The highest BCUT2D eigenvalue weighted by atomic mass is 16.7. The Bertz CT molecular complexity index is 986. The Morgan fingerprint density at radius 2 is 1.95 bits per heavy atom. The molecule has 10 heteroatoms. The smallest absolute Gasteiger partial charge is 0.431 e. The van der Waals surface area contributed by atoms with Crippen LogP contribution in [-0.2, 0) is 25.5 Å². The summed E-state index contributed by atoms with van der Waals surface area (Å²) in [5, 5.41) is 0. The van der Waals surface area contributed by atoms with Gasteiger partial charge in [0.15, 0.2) is 0 Å². The number of benzene rings is 1. The highest BCUT2D eigenvalue weighted by molar-refractivity contribution is 5.97. The maximum atomic E-state index is 13.1. The van der Waals surface area contributed by atoms with Crippen molar-refractivity contribution in [3.8, 4) is 5.75 Å². The maximum Gasteiger partial charge on any atom is 0.431 e. The zero-order valence-electron chi connectivity index (χ0n) is 22.7. The number of amidine groups is 1. The minimum atomic E-state index is -1.59. The van der Waals surface area contributed by atoms with E-state index in [2.05, 4.69) is 10.5 Å². The van der Waals surface area contributed by atoms with Crippen molar-refractivity contribution in [2.24, 2.45) is 22.4 Å². The van der Waals surface area contributed by atoms with Crippen LogP contribution in [-0.4, -0.2) is 54.4 Å². The molecule has 0 bridgehead atoms. The summed E-state index contributed by atoms with van der Waals surface area (Å²) >= 11 is 0. The van der Waals surface area contributed by atoms with E-state index in [1.807, 2.05) is 25.1 Å². The van der Waals surface area contributed by atoms with E-state index in [0.717, 1.165) is 36.8 Å². The Labute approximate surface area is 219 Å². The van der Waals surface area contributed by atoms with Crippen LogP contribution in [0.5, 0.6) is 5.75 Å². The first-order valence-corrected chi connectivity index (χ1v) is 13.1. The molecule has 206 valence electrons. The number of hydrogen-bond acceptors (Lipinski definition) is 8. The largest absolute Gasteiger partial charge is 0.486 e. The Kier molecular flexibility index (Phi) is 9.41. The number of aliphatic imine (C=N–C) groups is 1. The summed E-state index contributed by atoms with van der Waals surface area (Å²) in [4.78, 5) is 35.5. The Morgan fingerprint density at radius 1 is 1.22 bits per heavy atom. The number of nitrogens with zero attached hydrogens (tertiary/aromatic N) is 1. The second-order valence-electron chi connectivity index (χ2n) is 11.1. The number of ether oxygens (including phenoxy) is 3. The first-order chi connectivity index (χ1) is 17.4. The molecular weight excluding hydrogens is 476 g/mol. The van der Waals surface area contributed by atoms with Gasteiger partial charge in [-0.2, -0.15) is 5.48 Å². The molecule has 3 rings (SSSR count). The third kappa shape index (κ3) is 7.82. The third-order valence-corrected chi connectivity index (χ3v) is 6.59. The van der Waals surface area contributed by atoms with Crippen molar-refractivity contribution in [1.29, 1.82) is 0 Å². The number of carbonyl (C=O) groups is 2. The fourth-order valence-corrected chi connectivity index (χ4v) is 4.33. The lowest BCUT2D eigenvalue weighted by Crippen LogP contribution is -2.57. The topological polar surface area (TPSA) is 147 Å². The SMILES string of the molecule is CCCCOC(=O)C(C)(ONC(=O)OC(C)(C)C)C1CCc2cc(C(N)=NCC3CC(N)C3)ccc2O1. The molecule has 1 fully saturated rings. The van der Waals surface area contributed by atoms with Crippen molar-refractivity contribution < 1.29 is 28.6 Å². The van der Waals surface area contributed by atoms with Crippen LogP contribution in [0, 0.1) is 5.92 Å². The van der Waals surface area contributed by atoms with E-state index in [1.165, 1.54) is 0 Å². The first-order valence-electron chi connectivity index (χ1n) is 13.1. The van der Waals surface area contributed by atoms with Crippen LogP contribution in [0.3, 0.4) is 0 Å². The number of aryl methyl sites for hydroxylation is 1. The number of hydrogen-bond donors (Lipinski definition) is 3. The van der Waals surface area contributed by atoms with Crippen molar-refractivity contribution in [2.45, 2.75) is 96.5 Å². The van der Waals surface area contributed by atoms with Crippen molar-refractivity contribution in [3.05, 3.63) is 29.3 Å². The van der Waals surface area contributed by atoms with Crippen molar-refractivity contribution >= 4 is 17.9 Å². The van der Waals surface area contributed by atoms with Crippen LogP contribution in [0.1, 0.15) is 77.8 Å². The summed E-state index contributed by atoms with van der Waals surface area (Å²) in [7, 11) is 0. The van der Waals surface area contributed by atoms with E-state index >= 15 is 0 Å². The molecule has 1 aliphatic carbocycles. The molecule has 0 radical (unpaired) electrons. The fraction of sp³-hybridized carbons (Fsp3) is 0.667. The molecule has 0 aromatic heterocycles. The van der Waals surface area contributed by atoms with Gasteiger partial charge in [-0.15, -0.1) is 0 Å². The second kappa shape index (κ2) is 12.1. The Balaban J connectivity index is 1.71. The quantitative estimate of drug-likeness (QED) is 0.140. The number of nitrogens with two attached hydrogens (primary N) is 2. The summed E-state index contributed by atoms with van der Waals surface area (Å²) in [6, 6.07) is 5.92. The minimum absolute atomic E-state index is 0.249. The summed E-state index contributed by atoms with van der Waals surface area (Å²) < 4.78 is 16.9. The van der Waals surface area contributed by atoms with Crippen LogP contribution in [0.15, 0.2) is 23.2 Å². The predicted molar refractivity (Wildman–Crippen MR) is 140 cm³/mol. The first kappa shape index (κ1) is 28.7. The molecule has 0 saturated heterocycles. The van der Waals surface area contributed by atoms with Crippen molar-refractivity contribution in [3.63, 3.8) is 0 Å². The average molecular weight is 519 g/mol. The number of fused-ring (bicyclic) bond motifs is 1. The lowest BCUT2D eigenvalue weighted by atomic mass is 9.81. The molecule has 10 nitrogen and oxygen atoms in total. The van der Waals surface area contributed by atoms with Gasteiger partial charge in [-0.05, 0) is 89.5 Å². The van der Waals surface area contributed by atoms with E-state index in [0.29, 0.717) is 36.9 Å². The summed E-state index contributed by atoms with van der Waals surface area (Å²) in [5.74, 6) is 0.985. The zero-order valence-corrected chi connectivity index (χ0v) is 22.7. The van der Waals surface area contributed by atoms with E-state index < -0.39 is 29.4 Å². The van der Waals surface area contributed by atoms with Crippen LogP contribution in [0.25, 0.3) is 0 Å². The number of amides is 1. The number of carbonyl (C=O) groups excluding carboxylic acids is 2. The molecule has 1 saturated carbocycles. The number of hydroxylamine groups is 1. The molecule has 37 heavy (non-hydrogen) atoms. The molecule has 1 aliphatic heterocycles. The molecule has 2 unspecified atom stereocenters. The summed E-state index contributed by atoms with van der Waals surface area (Å²) in [6.45, 7) is 9.69. The van der Waals surface area contributed by atoms with Gasteiger partial charge >= 0.3 is 12.1 Å². The fourth-order valence-electron chi connectivity index (χ4n) is 4.33. The predicted octanol–water partition coefficient (Wildman–Crippen LogP) is 3.38. The van der Waals surface area contributed by atoms with Crippen molar-refractivity contribution in [1.82, 2.24) is 5.48 Å². The van der Waals surface area contributed by atoms with Crippen molar-refractivity contribution in [2.75, 3.05) is 13.2 Å². The van der Waals surface area contributed by atoms with Gasteiger partial charge in [0, 0.05) is 18.2 Å². The summed E-state index contributed by atoms with van der Waals surface area (Å²) in [5.41, 5.74) is 13.8. The van der Waals surface area contributed by atoms with Crippen LogP contribution in [0.2, 0.25) is 0 Å². The van der Waals surface area contributed by atoms with Crippen LogP contribution >= 0.6 is 0 Å². The summed E-state index contributed by atoms with van der Waals surface area (Å²) in [6.07, 6.45) is 3.13. The molecule has 5 N–H and O–H groups in total. The minimum Gasteiger partial charge on any atom is -0.486 e. The van der Waals surface area contributed by atoms with Gasteiger partial charge in [0.2, 0.25) is 5.60 Å². The highest BCUT2D eigenvalue weighted by Crippen LogP contribution is 2.34. The standard InChI is InChI=1S/C27H42N4O6/c1-6-7-12-34-24(32)27(5,37-31-25(33)36-26(2,3)4)22-11-9-18-15-19(8-10-21(18)35-22)23(29)30-16-17-13-20(28)14-17/h8,10,15,17,20,22H,6-7,9,11-14,16,28H2,1-5H3,(H2,29,30)(H,31,33). The van der Waals surface area contributed by atoms with Gasteiger partial charge in [0.05, 0.1) is 6.61 Å². The molecule has 1 aromatic rings. The monoisotopic (exact) mass is 518 g/mol. The average Bonchev–Trinajstić information content (AvgIpc) is 2.82. The zero-order chi connectivity index (χ0) is 27.2. The molecule has 0 spiro atoms. The van der Waals surface area contributed by atoms with Gasteiger partial charge < -0.3 is 25.7 Å². The number of unbranched alkanes of at least 4 members (excludes halogenated alkanes) is 1. The number of rotatable bonds is 10. The van der Waals surface area contributed by atoms with Gasteiger partial charge in [0.1, 0.15) is 23.3 Å². The van der Waals surface area contributed by atoms with Gasteiger partial charge in [-0.3, -0.25) is 4.99 Å². The van der Waals surface area contributed by atoms with E-state index in [-0.39, 0.29) is 12.6 Å². The van der Waals surface area contributed by atoms with E-state index in [9.17, 15) is 9.59 Å². The molecule has 1 heterocycles. The van der Waals surface area contributed by atoms with Crippen LogP contribution < -0.4 is 21.7 Å². The molecule has 2 atom stereocenters. The molecule has 1 aromatic carbocycles. The van der Waals surface area contributed by atoms with E-state index in [1.54, 1.807) is 27.7 Å². The van der Waals surface area contributed by atoms with E-state index in [4.69, 9.17) is 30.5 Å². The third-order valence-electron chi connectivity index (χ3n) is 6.59. The van der Waals surface area contributed by atoms with Gasteiger partial charge in [-0.1, -0.05) is 13.3 Å². The maximum absolute atomic E-state index is 13.1. The Hall–Kier alpha value is -2.85. The molecule has 1 amide bonds. The highest BCUT2D eigenvalue weighted by Gasteiger charge is 2.49. The number of nitrogens with one attached hydrogen (secondary N) is 1. The van der Waals surface area contributed by atoms with Gasteiger partial charge in [0.25, 0.3) is 0 Å². The normalized spacial score (nSPS) is 23.1. The Morgan fingerprint density at radius 3 is 2.59 bits per heavy atom. The second-order valence-corrected chi connectivity index (χ2v) is 11.1. The number of esters is 1. The lowest BCUT2D eigenvalue weighted by Gasteiger charge is -2.37. The van der Waals surface area contributed by atoms with Crippen LogP contribution in [0.4, 0.5) is 4.79 Å². The lowest BCUT2D eigenvalue weighted by molar-refractivity contribution is -0.196. The van der Waals surface area contributed by atoms with Gasteiger partial charge in [-0.25, -0.2) is 14.4 Å². The molecule has 2 aliphatic rings.